The second kappa shape index (κ2) is 9.62. The zero-order valence-corrected chi connectivity index (χ0v) is 21.1. The van der Waals surface area contributed by atoms with Crippen LogP contribution in [0.4, 0.5) is 34.6 Å². The van der Waals surface area contributed by atoms with Gasteiger partial charge < -0.3 is 25.6 Å². The summed E-state index contributed by atoms with van der Waals surface area (Å²) in [6, 6.07) is 9.57. The molecule has 5 rings (SSSR count). The van der Waals surface area contributed by atoms with Crippen molar-refractivity contribution in [3.63, 3.8) is 0 Å². The van der Waals surface area contributed by atoms with E-state index in [1.807, 2.05) is 43.5 Å². The summed E-state index contributed by atoms with van der Waals surface area (Å²) in [6.07, 6.45) is 3.57. The molecular weight excluding hydrogens is 456 g/mol. The topological polar surface area (TPSA) is 108 Å². The van der Waals surface area contributed by atoms with Gasteiger partial charge in [0.25, 0.3) is 5.91 Å². The van der Waals surface area contributed by atoms with Gasteiger partial charge in [0.15, 0.2) is 6.61 Å². The first-order valence-corrected chi connectivity index (χ1v) is 12.1. The molecule has 3 N–H and O–H groups in total. The van der Waals surface area contributed by atoms with Crippen molar-refractivity contribution in [3.8, 4) is 5.75 Å². The number of hydrogen-bond acceptors (Lipinski definition) is 9. The van der Waals surface area contributed by atoms with E-state index in [-0.39, 0.29) is 18.1 Å². The number of aromatic nitrogens is 3. The van der Waals surface area contributed by atoms with Crippen LogP contribution in [0.3, 0.4) is 0 Å². The van der Waals surface area contributed by atoms with Crippen molar-refractivity contribution in [1.29, 1.82) is 0 Å². The number of pyridine rings is 1. The van der Waals surface area contributed by atoms with Gasteiger partial charge in [0.2, 0.25) is 5.95 Å². The van der Waals surface area contributed by atoms with Gasteiger partial charge in [-0.25, -0.2) is 9.97 Å². The average Bonchev–Trinajstić information content (AvgIpc) is 2.86. The molecule has 2 aromatic heterocycles. The molecule has 0 bridgehead atoms. The second-order valence-corrected chi connectivity index (χ2v) is 10.1. The Kier molecular flexibility index (Phi) is 6.36. The molecule has 188 valence electrons. The molecule has 4 heterocycles. The third-order valence-corrected chi connectivity index (χ3v) is 6.40. The molecule has 36 heavy (non-hydrogen) atoms. The molecule has 2 aliphatic rings. The highest BCUT2D eigenvalue weighted by atomic mass is 16.5. The average molecular weight is 489 g/mol. The number of carbonyl (C=O) groups excluding carboxylic acids is 1. The van der Waals surface area contributed by atoms with Gasteiger partial charge >= 0.3 is 0 Å². The number of amides is 1. The molecule has 1 amide bonds. The van der Waals surface area contributed by atoms with Crippen LogP contribution in [0, 0.1) is 6.92 Å². The lowest BCUT2D eigenvalue weighted by atomic mass is 10.1. The van der Waals surface area contributed by atoms with Crippen molar-refractivity contribution in [2.24, 2.45) is 0 Å². The fraction of sp³-hybridized carbons (Fsp3) is 0.385. The zero-order valence-electron chi connectivity index (χ0n) is 21.1. The Morgan fingerprint density at radius 2 is 1.75 bits per heavy atom. The van der Waals surface area contributed by atoms with Crippen LogP contribution in [0.15, 0.2) is 42.7 Å². The Bertz CT molecular complexity index is 1250. The summed E-state index contributed by atoms with van der Waals surface area (Å²) in [4.78, 5) is 30.2. The maximum absolute atomic E-state index is 11.6. The summed E-state index contributed by atoms with van der Waals surface area (Å²) in [5.74, 6) is 2.58. The number of fused-ring (bicyclic) bond motifs is 1. The molecule has 0 saturated carbocycles. The molecule has 1 fully saturated rings. The molecule has 10 nitrogen and oxygen atoms in total. The predicted molar refractivity (Wildman–Crippen MR) is 142 cm³/mol. The number of anilines is 6. The van der Waals surface area contributed by atoms with E-state index >= 15 is 0 Å². The Hall–Kier alpha value is -3.92. The molecule has 1 aromatic carbocycles. The number of aryl methyl sites for hydroxylation is 1. The van der Waals surface area contributed by atoms with E-state index in [0.29, 0.717) is 23.2 Å². The first-order valence-electron chi connectivity index (χ1n) is 12.1. The molecule has 10 heteroatoms. The second-order valence-electron chi connectivity index (χ2n) is 10.1. The van der Waals surface area contributed by atoms with Gasteiger partial charge in [-0.3, -0.25) is 9.69 Å². The van der Waals surface area contributed by atoms with Gasteiger partial charge in [-0.1, -0.05) is 0 Å². The minimum atomic E-state index is -0.170. The van der Waals surface area contributed by atoms with Crippen molar-refractivity contribution in [1.82, 2.24) is 19.9 Å². The molecular formula is C26H32N8O2. The van der Waals surface area contributed by atoms with Crippen LogP contribution < -0.4 is 25.6 Å². The Morgan fingerprint density at radius 1 is 0.972 bits per heavy atom. The Morgan fingerprint density at radius 3 is 2.47 bits per heavy atom. The Labute approximate surface area is 211 Å². The molecule has 0 aliphatic carbocycles. The highest BCUT2D eigenvalue weighted by Gasteiger charge is 2.26. The largest absolute Gasteiger partial charge is 0.482 e. The van der Waals surface area contributed by atoms with Crippen molar-refractivity contribution in [2.45, 2.75) is 33.2 Å². The lowest BCUT2D eigenvalue weighted by Gasteiger charge is -2.42. The number of carbonyl (C=O) groups is 1. The first kappa shape index (κ1) is 23.8. The molecule has 2 aliphatic heterocycles. The number of nitrogens with zero attached hydrogens (tertiary/aromatic N) is 5. The van der Waals surface area contributed by atoms with Crippen LogP contribution in [0.1, 0.15) is 26.3 Å². The fourth-order valence-corrected chi connectivity index (χ4v) is 4.31. The summed E-state index contributed by atoms with van der Waals surface area (Å²) in [5.41, 5.74) is 3.31. The summed E-state index contributed by atoms with van der Waals surface area (Å²) in [6.45, 7) is 12.7. The van der Waals surface area contributed by atoms with Crippen molar-refractivity contribution in [2.75, 3.05) is 53.6 Å². The zero-order chi connectivity index (χ0) is 25.3. The Balaban J connectivity index is 1.24. The van der Waals surface area contributed by atoms with E-state index in [2.05, 4.69) is 61.5 Å². The standard InChI is InChI=1S/C26H32N8O2/c1-17-14-28-25(32-24(17)29-18-5-7-21-20(13-18)31-23(35)16-36-21)30-19-6-8-22(27-15-19)33-9-11-34(12-10-33)26(2,3)4/h5-8,13-15H,9-12,16H2,1-4H3,(H,31,35)(H2,28,29,30,32). The smallest absolute Gasteiger partial charge is 0.262 e. The van der Waals surface area contributed by atoms with E-state index in [4.69, 9.17) is 4.74 Å². The van der Waals surface area contributed by atoms with E-state index in [9.17, 15) is 4.79 Å². The van der Waals surface area contributed by atoms with Crippen LogP contribution in [-0.4, -0.2) is 64.1 Å². The number of piperazine rings is 1. The number of hydrogen-bond donors (Lipinski definition) is 3. The van der Waals surface area contributed by atoms with Gasteiger partial charge in [-0.2, -0.15) is 4.98 Å². The van der Waals surface area contributed by atoms with Gasteiger partial charge in [-0.15, -0.1) is 0 Å². The first-order chi connectivity index (χ1) is 17.2. The van der Waals surface area contributed by atoms with Crippen molar-refractivity contribution >= 4 is 40.6 Å². The quantitative estimate of drug-likeness (QED) is 0.492. The number of rotatable bonds is 5. The van der Waals surface area contributed by atoms with Gasteiger partial charge in [0, 0.05) is 49.2 Å². The summed E-state index contributed by atoms with van der Waals surface area (Å²) in [5, 5.41) is 9.37. The third-order valence-electron chi connectivity index (χ3n) is 6.40. The predicted octanol–water partition coefficient (Wildman–Crippen LogP) is 3.92. The molecule has 0 radical (unpaired) electrons. The summed E-state index contributed by atoms with van der Waals surface area (Å²) < 4.78 is 5.43. The minimum absolute atomic E-state index is 0.0312. The van der Waals surface area contributed by atoms with E-state index in [0.717, 1.165) is 48.9 Å². The fourth-order valence-electron chi connectivity index (χ4n) is 4.31. The number of ether oxygens (including phenoxy) is 1. The van der Waals surface area contributed by atoms with Crippen molar-refractivity contribution in [3.05, 3.63) is 48.3 Å². The maximum atomic E-state index is 11.6. The maximum Gasteiger partial charge on any atom is 0.262 e. The van der Waals surface area contributed by atoms with E-state index in [1.165, 1.54) is 0 Å². The number of nitrogens with one attached hydrogen (secondary N) is 3. The van der Waals surface area contributed by atoms with Crippen LogP contribution in [0.2, 0.25) is 0 Å². The van der Waals surface area contributed by atoms with Crippen LogP contribution >= 0.6 is 0 Å². The molecule has 0 spiro atoms. The SMILES string of the molecule is Cc1cnc(Nc2ccc(N3CCN(C(C)(C)C)CC3)nc2)nc1Nc1ccc2c(c1)NC(=O)CO2. The lowest BCUT2D eigenvalue weighted by Crippen LogP contribution is -2.53. The normalized spacial score (nSPS) is 16.1. The number of benzene rings is 1. The summed E-state index contributed by atoms with van der Waals surface area (Å²) >= 11 is 0. The molecule has 0 atom stereocenters. The molecule has 3 aromatic rings. The van der Waals surface area contributed by atoms with Gasteiger partial charge in [0.05, 0.1) is 17.6 Å². The monoisotopic (exact) mass is 488 g/mol. The van der Waals surface area contributed by atoms with Gasteiger partial charge in [-0.05, 0) is 58.0 Å². The van der Waals surface area contributed by atoms with E-state index < -0.39 is 0 Å². The minimum Gasteiger partial charge on any atom is -0.482 e. The van der Waals surface area contributed by atoms with Gasteiger partial charge in [0.1, 0.15) is 17.4 Å². The molecule has 0 unspecified atom stereocenters. The van der Waals surface area contributed by atoms with Crippen molar-refractivity contribution < 1.29 is 9.53 Å². The summed E-state index contributed by atoms with van der Waals surface area (Å²) in [7, 11) is 0. The highest BCUT2D eigenvalue weighted by molar-refractivity contribution is 5.96. The van der Waals surface area contributed by atoms with E-state index in [1.54, 1.807) is 6.20 Å². The van der Waals surface area contributed by atoms with Crippen LogP contribution in [0.25, 0.3) is 0 Å². The van der Waals surface area contributed by atoms with Crippen LogP contribution in [0.5, 0.6) is 5.75 Å². The molecule has 1 saturated heterocycles. The third kappa shape index (κ3) is 5.33. The highest BCUT2D eigenvalue weighted by Crippen LogP contribution is 2.32. The lowest BCUT2D eigenvalue weighted by molar-refractivity contribution is -0.118. The van der Waals surface area contributed by atoms with Crippen LogP contribution in [-0.2, 0) is 4.79 Å².